The molecule has 6 heteroatoms. The van der Waals surface area contributed by atoms with Crippen molar-refractivity contribution in [3.8, 4) is 0 Å². The molecule has 0 radical (unpaired) electrons. The minimum atomic E-state index is 0. The van der Waals surface area contributed by atoms with Crippen molar-refractivity contribution in [2.75, 3.05) is 58.9 Å². The summed E-state index contributed by atoms with van der Waals surface area (Å²) in [6.45, 7) is 7.51. The zero-order valence-corrected chi connectivity index (χ0v) is 12.6. The van der Waals surface area contributed by atoms with Crippen molar-refractivity contribution in [1.82, 2.24) is 4.90 Å². The van der Waals surface area contributed by atoms with E-state index in [0.717, 1.165) is 52.6 Å². The summed E-state index contributed by atoms with van der Waals surface area (Å²) < 4.78 is 13.2. The topological polar surface area (TPSA) is 24.7 Å². The van der Waals surface area contributed by atoms with E-state index >= 15 is 0 Å². The maximum atomic E-state index is 5.37. The minimum absolute atomic E-state index is 0. The first kappa shape index (κ1) is 14.5. The Morgan fingerprint density at radius 1 is 1.06 bits per heavy atom. The molecule has 0 aromatic heterocycles. The molecule has 0 aromatic rings. The summed E-state index contributed by atoms with van der Waals surface area (Å²) in [6, 6.07) is 0. The summed E-state index contributed by atoms with van der Waals surface area (Å²) in [4.78, 5) is 2.43. The van der Waals surface area contributed by atoms with Crippen LogP contribution in [-0.2, 0) is 9.47 Å². The molecule has 2 saturated heterocycles. The maximum absolute atomic E-state index is 5.37. The first-order valence-corrected chi connectivity index (χ1v) is 6.70. The molecule has 0 aromatic carbocycles. The highest BCUT2D eigenvalue weighted by Crippen LogP contribution is 2.09. The fraction of sp³-hybridized carbons (Fsp3) is 0.900. The average molecular weight is 358 g/mol. The normalized spacial score (nSPS) is 21.6. The fourth-order valence-electron chi connectivity index (χ4n) is 1.97. The molecule has 2 heterocycles. The van der Waals surface area contributed by atoms with Crippen molar-refractivity contribution in [1.29, 1.82) is 0 Å². The van der Waals surface area contributed by atoms with Gasteiger partial charge in [-0.1, -0.05) is 0 Å². The van der Waals surface area contributed by atoms with E-state index in [1.807, 2.05) is 11.8 Å². The Morgan fingerprint density at radius 2 is 1.62 bits per heavy atom. The molecule has 94 valence electrons. The van der Waals surface area contributed by atoms with E-state index in [0.29, 0.717) is 0 Å². The fourth-order valence-corrected chi connectivity index (χ4v) is 2.85. The van der Waals surface area contributed by atoms with E-state index in [1.165, 1.54) is 5.17 Å². The summed E-state index contributed by atoms with van der Waals surface area (Å²) in [5.41, 5.74) is 0. The standard InChI is InChI=1S/C10H19N2O2S.HI/c1-15-10(11-2-6-13-7-3-11)12-4-8-14-9-5-12;/h2-9H2,1H3;1H/q+1;/p-1. The quantitative estimate of drug-likeness (QED) is 0.263. The van der Waals surface area contributed by atoms with Crippen LogP contribution in [0.25, 0.3) is 0 Å². The molecule has 2 fully saturated rings. The van der Waals surface area contributed by atoms with E-state index < -0.39 is 0 Å². The molecule has 0 saturated carbocycles. The Bertz CT molecular complexity index is 237. The van der Waals surface area contributed by atoms with Gasteiger partial charge in [-0.15, -0.1) is 0 Å². The van der Waals surface area contributed by atoms with Gasteiger partial charge in [-0.3, -0.25) is 9.48 Å². The van der Waals surface area contributed by atoms with Crippen LogP contribution >= 0.6 is 11.8 Å². The maximum Gasteiger partial charge on any atom is 0.308 e. The van der Waals surface area contributed by atoms with Gasteiger partial charge in [-0.2, -0.15) is 0 Å². The van der Waals surface area contributed by atoms with E-state index in [4.69, 9.17) is 9.47 Å². The molecule has 0 N–H and O–H groups in total. The van der Waals surface area contributed by atoms with Gasteiger partial charge in [0.2, 0.25) is 0 Å². The molecule has 2 aliphatic heterocycles. The Hall–Kier alpha value is 0.470. The molecule has 2 rings (SSSR count). The van der Waals surface area contributed by atoms with Gasteiger partial charge in [0.15, 0.2) is 0 Å². The number of rotatable bonds is 0. The van der Waals surface area contributed by atoms with Gasteiger partial charge in [-0.25, -0.2) is 0 Å². The molecular formula is C10H19IN2O2S. The Labute approximate surface area is 118 Å². The van der Waals surface area contributed by atoms with Crippen molar-refractivity contribution in [3.63, 3.8) is 0 Å². The first-order chi connectivity index (χ1) is 7.42. The van der Waals surface area contributed by atoms with Crippen LogP contribution in [0.15, 0.2) is 0 Å². The minimum Gasteiger partial charge on any atom is -1.00 e. The smallest absolute Gasteiger partial charge is 0.308 e. The van der Waals surface area contributed by atoms with E-state index in [2.05, 4.69) is 15.7 Å². The van der Waals surface area contributed by atoms with Crippen LogP contribution in [0.3, 0.4) is 0 Å². The zero-order valence-electron chi connectivity index (χ0n) is 9.65. The second-order valence-corrected chi connectivity index (χ2v) is 4.46. The largest absolute Gasteiger partial charge is 1.00 e. The van der Waals surface area contributed by atoms with Gasteiger partial charge in [-0.05, 0) is 18.0 Å². The zero-order chi connectivity index (χ0) is 10.5. The molecule has 0 atom stereocenters. The summed E-state index contributed by atoms with van der Waals surface area (Å²) in [5, 5.41) is 1.39. The molecule has 16 heavy (non-hydrogen) atoms. The highest BCUT2D eigenvalue weighted by atomic mass is 127. The molecule has 0 bridgehead atoms. The number of hydrogen-bond acceptors (Lipinski definition) is 3. The average Bonchev–Trinajstić information content (AvgIpc) is 2.33. The second kappa shape index (κ2) is 7.73. The summed E-state index contributed by atoms with van der Waals surface area (Å²) in [5.74, 6) is 0. The first-order valence-electron chi connectivity index (χ1n) is 5.48. The highest BCUT2D eigenvalue weighted by molar-refractivity contribution is 8.12. The van der Waals surface area contributed by atoms with Gasteiger partial charge in [0.1, 0.15) is 26.2 Å². The van der Waals surface area contributed by atoms with Crippen LogP contribution in [0.2, 0.25) is 0 Å². The number of hydrogen-bond donors (Lipinski definition) is 0. The van der Waals surface area contributed by atoms with Gasteiger partial charge in [0, 0.05) is 0 Å². The molecule has 0 spiro atoms. The summed E-state index contributed by atoms with van der Waals surface area (Å²) >= 11 is 1.84. The van der Waals surface area contributed by atoms with Crippen LogP contribution in [0, 0.1) is 0 Å². The number of amidine groups is 1. The summed E-state index contributed by atoms with van der Waals surface area (Å²) in [6.07, 6.45) is 2.15. The van der Waals surface area contributed by atoms with Crippen molar-refractivity contribution < 1.29 is 38.0 Å². The van der Waals surface area contributed by atoms with Gasteiger partial charge in [0.25, 0.3) is 0 Å². The van der Waals surface area contributed by atoms with Gasteiger partial charge < -0.3 is 33.5 Å². The predicted molar refractivity (Wildman–Crippen MR) is 61.7 cm³/mol. The second-order valence-electron chi connectivity index (χ2n) is 3.69. The third-order valence-corrected chi connectivity index (χ3v) is 3.63. The lowest BCUT2D eigenvalue weighted by Crippen LogP contribution is -3.00. The van der Waals surface area contributed by atoms with E-state index in [9.17, 15) is 0 Å². The number of thioether (sulfide) groups is 1. The molecular weight excluding hydrogens is 339 g/mol. The lowest BCUT2D eigenvalue weighted by atomic mass is 10.4. The van der Waals surface area contributed by atoms with Crippen molar-refractivity contribution >= 4 is 16.9 Å². The van der Waals surface area contributed by atoms with E-state index in [1.54, 1.807) is 0 Å². The SMILES string of the molecule is CSC(N1CCOCC1)=[N+]1CCOCC1.[I-]. The van der Waals surface area contributed by atoms with Crippen LogP contribution < -0.4 is 24.0 Å². The Morgan fingerprint density at radius 3 is 2.19 bits per heavy atom. The van der Waals surface area contributed by atoms with Gasteiger partial charge >= 0.3 is 5.17 Å². The molecule has 4 nitrogen and oxygen atoms in total. The van der Waals surface area contributed by atoms with Gasteiger partial charge in [0.05, 0.1) is 26.4 Å². The molecule has 2 aliphatic rings. The number of ether oxygens (including phenoxy) is 2. The molecule has 0 aliphatic carbocycles. The van der Waals surface area contributed by atoms with Crippen LogP contribution in [0.1, 0.15) is 0 Å². The lowest BCUT2D eigenvalue weighted by Gasteiger charge is -2.26. The van der Waals surface area contributed by atoms with Crippen molar-refractivity contribution in [2.45, 2.75) is 0 Å². The highest BCUT2D eigenvalue weighted by Gasteiger charge is 2.25. The summed E-state index contributed by atoms with van der Waals surface area (Å²) in [7, 11) is 0. The monoisotopic (exact) mass is 358 g/mol. The molecule has 0 amide bonds. The Balaban J connectivity index is 0.00000128. The van der Waals surface area contributed by atoms with Crippen molar-refractivity contribution in [3.05, 3.63) is 0 Å². The third kappa shape index (κ3) is 3.75. The molecule has 0 unspecified atom stereocenters. The van der Waals surface area contributed by atoms with E-state index in [-0.39, 0.29) is 24.0 Å². The number of morpholine rings is 2. The van der Waals surface area contributed by atoms with Crippen LogP contribution in [0.5, 0.6) is 0 Å². The van der Waals surface area contributed by atoms with Crippen LogP contribution in [-0.4, -0.2) is 73.5 Å². The lowest BCUT2D eigenvalue weighted by molar-refractivity contribution is -0.551. The van der Waals surface area contributed by atoms with Crippen LogP contribution in [0.4, 0.5) is 0 Å². The third-order valence-electron chi connectivity index (χ3n) is 2.75. The number of nitrogens with zero attached hydrogens (tertiary/aromatic N) is 2. The number of halogens is 1. The Kier molecular flexibility index (Phi) is 7.02. The predicted octanol–water partition coefficient (Wildman–Crippen LogP) is -2.92. The van der Waals surface area contributed by atoms with Crippen molar-refractivity contribution in [2.24, 2.45) is 0 Å².